The number of ether oxygens (including phenoxy) is 1. The van der Waals surface area contributed by atoms with Gasteiger partial charge >= 0.3 is 0 Å². The summed E-state index contributed by atoms with van der Waals surface area (Å²) in [6, 6.07) is 4.87. The minimum Gasteiger partial charge on any atom is -0.496 e. The second-order valence-corrected chi connectivity index (χ2v) is 5.41. The highest BCUT2D eigenvalue weighted by molar-refractivity contribution is 5.56. The van der Waals surface area contributed by atoms with E-state index in [1.54, 1.807) is 6.07 Å². The third kappa shape index (κ3) is 3.61. The van der Waals surface area contributed by atoms with Crippen molar-refractivity contribution < 1.29 is 9.66 Å². The van der Waals surface area contributed by atoms with Crippen molar-refractivity contribution in [2.45, 2.75) is 33.7 Å². The molecule has 0 amide bonds. The molecule has 0 aliphatic heterocycles. The van der Waals surface area contributed by atoms with Gasteiger partial charge in [0.05, 0.1) is 18.1 Å². The standard InChI is InChI=1S/C13H20N2O3/c1-9(13(2,3)4)14-10-6-11(15(16)17)8-12(7-10)18-5/h6-9,14H,1-5H3. The maximum Gasteiger partial charge on any atom is 0.275 e. The summed E-state index contributed by atoms with van der Waals surface area (Å²) in [6.07, 6.45) is 0. The van der Waals surface area contributed by atoms with Crippen molar-refractivity contribution in [3.05, 3.63) is 28.3 Å². The zero-order chi connectivity index (χ0) is 13.9. The number of nitro groups is 1. The first-order chi connectivity index (χ1) is 8.24. The van der Waals surface area contributed by atoms with Crippen molar-refractivity contribution in [2.24, 2.45) is 5.41 Å². The van der Waals surface area contributed by atoms with Gasteiger partial charge in [0.1, 0.15) is 5.75 Å². The monoisotopic (exact) mass is 252 g/mol. The number of hydrogen-bond acceptors (Lipinski definition) is 4. The van der Waals surface area contributed by atoms with Crippen molar-refractivity contribution in [1.29, 1.82) is 0 Å². The molecular formula is C13H20N2O3. The van der Waals surface area contributed by atoms with E-state index in [1.165, 1.54) is 19.2 Å². The summed E-state index contributed by atoms with van der Waals surface area (Å²) in [6.45, 7) is 8.38. The zero-order valence-corrected chi connectivity index (χ0v) is 11.5. The molecule has 0 bridgehead atoms. The Morgan fingerprint density at radius 2 is 1.94 bits per heavy atom. The van der Waals surface area contributed by atoms with Gasteiger partial charge < -0.3 is 10.1 Å². The summed E-state index contributed by atoms with van der Waals surface area (Å²) in [5.74, 6) is 0.479. The summed E-state index contributed by atoms with van der Waals surface area (Å²) < 4.78 is 5.07. The fourth-order valence-electron chi connectivity index (χ4n) is 1.36. The molecule has 18 heavy (non-hydrogen) atoms. The molecule has 0 radical (unpaired) electrons. The van der Waals surface area contributed by atoms with Gasteiger partial charge in [-0.1, -0.05) is 20.8 Å². The van der Waals surface area contributed by atoms with Gasteiger partial charge in [0.15, 0.2) is 0 Å². The van der Waals surface area contributed by atoms with Crippen LogP contribution >= 0.6 is 0 Å². The molecule has 0 heterocycles. The average molecular weight is 252 g/mol. The summed E-state index contributed by atoms with van der Waals surface area (Å²) in [7, 11) is 1.50. The van der Waals surface area contributed by atoms with Crippen molar-refractivity contribution in [3.63, 3.8) is 0 Å². The van der Waals surface area contributed by atoms with E-state index in [0.29, 0.717) is 11.4 Å². The van der Waals surface area contributed by atoms with Crippen LogP contribution in [-0.2, 0) is 0 Å². The van der Waals surface area contributed by atoms with Gasteiger partial charge in [0.25, 0.3) is 5.69 Å². The van der Waals surface area contributed by atoms with Crippen LogP contribution in [0.25, 0.3) is 0 Å². The molecule has 5 nitrogen and oxygen atoms in total. The Morgan fingerprint density at radius 3 is 2.39 bits per heavy atom. The summed E-state index contributed by atoms with van der Waals surface area (Å²) >= 11 is 0. The predicted octanol–water partition coefficient (Wildman–Crippen LogP) is 3.45. The lowest BCUT2D eigenvalue weighted by atomic mass is 9.88. The molecule has 0 aliphatic rings. The van der Waals surface area contributed by atoms with Crippen molar-refractivity contribution in [3.8, 4) is 5.75 Å². The molecule has 0 saturated heterocycles. The zero-order valence-electron chi connectivity index (χ0n) is 11.5. The Hall–Kier alpha value is -1.78. The van der Waals surface area contributed by atoms with E-state index in [4.69, 9.17) is 4.74 Å². The smallest absolute Gasteiger partial charge is 0.275 e. The minimum atomic E-state index is -0.421. The molecule has 0 spiro atoms. The second-order valence-electron chi connectivity index (χ2n) is 5.41. The number of methoxy groups -OCH3 is 1. The highest BCUT2D eigenvalue weighted by Crippen LogP contribution is 2.29. The van der Waals surface area contributed by atoms with E-state index in [9.17, 15) is 10.1 Å². The Kier molecular flexibility index (Phi) is 4.16. The number of anilines is 1. The number of benzene rings is 1. The van der Waals surface area contributed by atoms with E-state index in [0.717, 1.165) is 0 Å². The number of nitro benzene ring substituents is 1. The van der Waals surface area contributed by atoms with Crippen LogP contribution in [0.3, 0.4) is 0 Å². The number of rotatable bonds is 4. The normalized spacial score (nSPS) is 12.9. The Balaban J connectivity index is 3.02. The first kappa shape index (κ1) is 14.3. The van der Waals surface area contributed by atoms with E-state index in [2.05, 4.69) is 26.1 Å². The fourth-order valence-corrected chi connectivity index (χ4v) is 1.36. The molecule has 1 atom stereocenters. The maximum atomic E-state index is 10.8. The van der Waals surface area contributed by atoms with E-state index < -0.39 is 4.92 Å². The molecule has 0 aromatic heterocycles. The second kappa shape index (κ2) is 5.25. The quantitative estimate of drug-likeness (QED) is 0.658. The molecular weight excluding hydrogens is 232 g/mol. The Morgan fingerprint density at radius 1 is 1.33 bits per heavy atom. The summed E-state index contributed by atoms with van der Waals surface area (Å²) in [5, 5.41) is 14.1. The van der Waals surface area contributed by atoms with E-state index in [-0.39, 0.29) is 17.1 Å². The fraction of sp³-hybridized carbons (Fsp3) is 0.538. The van der Waals surface area contributed by atoms with Crippen molar-refractivity contribution >= 4 is 11.4 Å². The van der Waals surface area contributed by atoms with Gasteiger partial charge in [-0.15, -0.1) is 0 Å². The summed E-state index contributed by atoms with van der Waals surface area (Å²) in [4.78, 5) is 10.4. The van der Waals surface area contributed by atoms with Crippen LogP contribution in [0.1, 0.15) is 27.7 Å². The van der Waals surface area contributed by atoms with Crippen molar-refractivity contribution in [1.82, 2.24) is 0 Å². The number of hydrogen-bond donors (Lipinski definition) is 1. The van der Waals surface area contributed by atoms with Gasteiger partial charge in [-0.25, -0.2) is 0 Å². The lowest BCUT2D eigenvalue weighted by molar-refractivity contribution is -0.384. The van der Waals surface area contributed by atoms with E-state index >= 15 is 0 Å². The molecule has 0 saturated carbocycles. The maximum absolute atomic E-state index is 10.8. The number of nitrogens with one attached hydrogen (secondary N) is 1. The molecule has 0 aliphatic carbocycles. The molecule has 1 N–H and O–H groups in total. The highest BCUT2D eigenvalue weighted by atomic mass is 16.6. The van der Waals surface area contributed by atoms with Gasteiger partial charge in [-0.3, -0.25) is 10.1 Å². The van der Waals surface area contributed by atoms with Gasteiger partial charge in [0, 0.05) is 23.9 Å². The van der Waals surface area contributed by atoms with E-state index in [1.807, 2.05) is 6.92 Å². The minimum absolute atomic E-state index is 0.0259. The average Bonchev–Trinajstić information content (AvgIpc) is 2.27. The first-order valence-corrected chi connectivity index (χ1v) is 5.84. The lowest BCUT2D eigenvalue weighted by Crippen LogP contribution is -2.30. The van der Waals surface area contributed by atoms with Gasteiger partial charge in [-0.05, 0) is 12.3 Å². The van der Waals surface area contributed by atoms with Crippen LogP contribution in [0.4, 0.5) is 11.4 Å². The van der Waals surface area contributed by atoms with Crippen LogP contribution in [0.15, 0.2) is 18.2 Å². The van der Waals surface area contributed by atoms with Gasteiger partial charge in [0.2, 0.25) is 0 Å². The molecule has 1 aromatic rings. The lowest BCUT2D eigenvalue weighted by Gasteiger charge is -2.29. The van der Waals surface area contributed by atoms with Gasteiger partial charge in [-0.2, -0.15) is 0 Å². The predicted molar refractivity (Wildman–Crippen MR) is 72.2 cm³/mol. The Bertz CT molecular complexity index is 438. The topological polar surface area (TPSA) is 64.4 Å². The van der Waals surface area contributed by atoms with Crippen LogP contribution in [0.5, 0.6) is 5.75 Å². The molecule has 1 unspecified atom stereocenters. The molecule has 0 fully saturated rings. The van der Waals surface area contributed by atoms with Crippen LogP contribution in [0.2, 0.25) is 0 Å². The largest absolute Gasteiger partial charge is 0.496 e. The number of non-ortho nitro benzene ring substituents is 1. The van der Waals surface area contributed by atoms with Crippen molar-refractivity contribution in [2.75, 3.05) is 12.4 Å². The SMILES string of the molecule is COc1cc(NC(C)C(C)(C)C)cc([N+](=O)[O-])c1. The first-order valence-electron chi connectivity index (χ1n) is 5.84. The highest BCUT2D eigenvalue weighted by Gasteiger charge is 2.20. The van der Waals surface area contributed by atoms with Crippen LogP contribution in [0, 0.1) is 15.5 Å². The summed E-state index contributed by atoms with van der Waals surface area (Å²) in [5.41, 5.74) is 0.791. The third-order valence-corrected chi connectivity index (χ3v) is 3.02. The molecule has 5 heteroatoms. The third-order valence-electron chi connectivity index (χ3n) is 3.02. The van der Waals surface area contributed by atoms with Crippen LogP contribution in [-0.4, -0.2) is 18.1 Å². The molecule has 1 aromatic carbocycles. The number of nitrogens with zero attached hydrogens (tertiary/aromatic N) is 1. The molecule has 1 rings (SSSR count). The van der Waals surface area contributed by atoms with Crippen LogP contribution < -0.4 is 10.1 Å². The molecule has 100 valence electrons. The Labute approximate surface area is 107 Å².